The van der Waals surface area contributed by atoms with E-state index in [1.165, 1.54) is 11.8 Å². The van der Waals surface area contributed by atoms with E-state index >= 15 is 0 Å². The maximum atomic E-state index is 11.5. The second-order valence-electron chi connectivity index (χ2n) is 3.51. The number of anilines is 1. The Morgan fingerprint density at radius 2 is 1.94 bits per heavy atom. The molecule has 0 aliphatic carbocycles. The van der Waals surface area contributed by atoms with Crippen molar-refractivity contribution in [1.82, 2.24) is 0 Å². The molecule has 0 saturated carbocycles. The van der Waals surface area contributed by atoms with Crippen LogP contribution < -0.4 is 5.32 Å². The van der Waals surface area contributed by atoms with E-state index in [-0.39, 0.29) is 5.91 Å². The van der Waals surface area contributed by atoms with Crippen molar-refractivity contribution in [3.05, 3.63) is 42.5 Å². The molecule has 2 rings (SSSR count). The number of benzene rings is 2. The van der Waals surface area contributed by atoms with Crippen molar-refractivity contribution in [2.45, 2.75) is 0 Å². The summed E-state index contributed by atoms with van der Waals surface area (Å²) in [4.78, 5) is 11.5. The molecular weight excluding hydrogens is 218 g/mol. The molecule has 0 radical (unpaired) electrons. The maximum Gasteiger partial charge on any atom is 0.234 e. The number of carbonyl (C=O) groups is 1. The van der Waals surface area contributed by atoms with Crippen LogP contribution in [0.25, 0.3) is 10.8 Å². The van der Waals surface area contributed by atoms with Gasteiger partial charge in [-0.15, -0.1) is 0 Å². The Balaban J connectivity index is 2.33. The lowest BCUT2D eigenvalue weighted by Crippen LogP contribution is -2.13. The van der Waals surface area contributed by atoms with E-state index in [1.54, 1.807) is 0 Å². The summed E-state index contributed by atoms with van der Waals surface area (Å²) in [6.07, 6.45) is 1.92. The first-order valence-corrected chi connectivity index (χ1v) is 6.47. The summed E-state index contributed by atoms with van der Waals surface area (Å²) in [5.74, 6) is 0.535. The highest BCUT2D eigenvalue weighted by molar-refractivity contribution is 7.99. The zero-order valence-electron chi connectivity index (χ0n) is 9.07. The van der Waals surface area contributed by atoms with Crippen LogP contribution in [0.5, 0.6) is 0 Å². The third kappa shape index (κ3) is 2.36. The van der Waals surface area contributed by atoms with Gasteiger partial charge < -0.3 is 5.32 Å². The van der Waals surface area contributed by atoms with Gasteiger partial charge >= 0.3 is 0 Å². The molecule has 2 nitrogen and oxygen atoms in total. The SMILES string of the molecule is CSCC(=O)Nc1cccc2ccccc12. The predicted molar refractivity (Wildman–Crippen MR) is 71.0 cm³/mol. The van der Waals surface area contributed by atoms with Crippen molar-refractivity contribution in [1.29, 1.82) is 0 Å². The second kappa shape index (κ2) is 5.03. The second-order valence-corrected chi connectivity index (χ2v) is 4.37. The number of amides is 1. The highest BCUT2D eigenvalue weighted by Gasteiger charge is 2.03. The summed E-state index contributed by atoms with van der Waals surface area (Å²) in [5, 5.41) is 5.15. The smallest absolute Gasteiger partial charge is 0.234 e. The first-order valence-electron chi connectivity index (χ1n) is 5.08. The number of hydrogen-bond acceptors (Lipinski definition) is 2. The summed E-state index contributed by atoms with van der Waals surface area (Å²) < 4.78 is 0. The van der Waals surface area contributed by atoms with Crippen LogP contribution in [0.1, 0.15) is 0 Å². The average molecular weight is 231 g/mol. The molecule has 1 N–H and O–H groups in total. The molecule has 0 saturated heterocycles. The van der Waals surface area contributed by atoms with Gasteiger partial charge in [0.2, 0.25) is 5.91 Å². The highest BCUT2D eigenvalue weighted by atomic mass is 32.2. The minimum Gasteiger partial charge on any atom is -0.325 e. The quantitative estimate of drug-likeness (QED) is 0.879. The van der Waals surface area contributed by atoms with E-state index in [0.29, 0.717) is 5.75 Å². The Morgan fingerprint density at radius 3 is 2.75 bits per heavy atom. The Morgan fingerprint density at radius 1 is 1.19 bits per heavy atom. The normalized spacial score (nSPS) is 10.3. The van der Waals surface area contributed by atoms with Gasteiger partial charge in [0.1, 0.15) is 0 Å². The van der Waals surface area contributed by atoms with Crippen LogP contribution in [-0.2, 0) is 4.79 Å². The van der Waals surface area contributed by atoms with E-state index in [9.17, 15) is 4.79 Å². The van der Waals surface area contributed by atoms with Gasteiger partial charge in [-0.3, -0.25) is 4.79 Å². The van der Waals surface area contributed by atoms with E-state index in [0.717, 1.165) is 16.5 Å². The van der Waals surface area contributed by atoms with Gasteiger partial charge in [0.25, 0.3) is 0 Å². The molecule has 3 heteroatoms. The Bertz CT molecular complexity index is 505. The van der Waals surface area contributed by atoms with Gasteiger partial charge in [0.05, 0.1) is 5.75 Å². The largest absolute Gasteiger partial charge is 0.325 e. The molecule has 0 unspecified atom stereocenters. The van der Waals surface area contributed by atoms with Crippen LogP contribution in [0.15, 0.2) is 42.5 Å². The van der Waals surface area contributed by atoms with Crippen molar-refractivity contribution in [2.24, 2.45) is 0 Å². The molecule has 0 fully saturated rings. The van der Waals surface area contributed by atoms with Crippen molar-refractivity contribution < 1.29 is 4.79 Å². The third-order valence-corrected chi connectivity index (χ3v) is 2.89. The standard InChI is InChI=1S/C13H13NOS/c1-16-9-13(15)14-12-8-4-6-10-5-2-3-7-11(10)12/h2-8H,9H2,1H3,(H,14,15). The zero-order valence-corrected chi connectivity index (χ0v) is 9.88. The van der Waals surface area contributed by atoms with Gasteiger partial charge in [-0.2, -0.15) is 11.8 Å². The monoisotopic (exact) mass is 231 g/mol. The molecule has 82 valence electrons. The molecule has 0 aliphatic rings. The van der Waals surface area contributed by atoms with Crippen LogP contribution in [0, 0.1) is 0 Å². The van der Waals surface area contributed by atoms with E-state index in [2.05, 4.69) is 5.32 Å². The van der Waals surface area contributed by atoms with Crippen molar-refractivity contribution in [3.8, 4) is 0 Å². The van der Waals surface area contributed by atoms with Gasteiger partial charge in [0.15, 0.2) is 0 Å². The Labute approximate surface area is 99.0 Å². The Kier molecular flexibility index (Phi) is 3.47. The highest BCUT2D eigenvalue weighted by Crippen LogP contribution is 2.22. The third-order valence-electron chi connectivity index (χ3n) is 2.34. The molecule has 0 spiro atoms. The number of fused-ring (bicyclic) bond motifs is 1. The molecule has 1 amide bonds. The van der Waals surface area contributed by atoms with Crippen LogP contribution in [-0.4, -0.2) is 17.9 Å². The van der Waals surface area contributed by atoms with Crippen molar-refractivity contribution >= 4 is 34.1 Å². The van der Waals surface area contributed by atoms with Crippen molar-refractivity contribution in [3.63, 3.8) is 0 Å². The van der Waals surface area contributed by atoms with Gasteiger partial charge in [0, 0.05) is 11.1 Å². The fourth-order valence-corrected chi connectivity index (χ4v) is 1.99. The van der Waals surface area contributed by atoms with Crippen LogP contribution in [0.2, 0.25) is 0 Å². The number of hydrogen-bond donors (Lipinski definition) is 1. The van der Waals surface area contributed by atoms with E-state index < -0.39 is 0 Å². The predicted octanol–water partition coefficient (Wildman–Crippen LogP) is 3.14. The molecule has 0 aliphatic heterocycles. The van der Waals surface area contributed by atoms with Crippen LogP contribution >= 0.6 is 11.8 Å². The molecule has 16 heavy (non-hydrogen) atoms. The van der Waals surface area contributed by atoms with Crippen molar-refractivity contribution in [2.75, 3.05) is 17.3 Å². The molecule has 0 atom stereocenters. The minimum absolute atomic E-state index is 0.0452. The fraction of sp³-hybridized carbons (Fsp3) is 0.154. The summed E-state index contributed by atoms with van der Waals surface area (Å²) in [7, 11) is 0. The Hall–Kier alpha value is -1.48. The summed E-state index contributed by atoms with van der Waals surface area (Å²) in [6, 6.07) is 14.0. The van der Waals surface area contributed by atoms with Gasteiger partial charge in [-0.05, 0) is 17.7 Å². The lowest BCUT2D eigenvalue weighted by Gasteiger charge is -2.07. The maximum absolute atomic E-state index is 11.5. The number of carbonyl (C=O) groups excluding carboxylic acids is 1. The lowest BCUT2D eigenvalue weighted by molar-refractivity contribution is -0.113. The molecule has 0 aromatic heterocycles. The average Bonchev–Trinajstić information content (AvgIpc) is 2.30. The summed E-state index contributed by atoms with van der Waals surface area (Å²) in [5.41, 5.74) is 0.886. The number of nitrogens with one attached hydrogen (secondary N) is 1. The van der Waals surface area contributed by atoms with Gasteiger partial charge in [-0.25, -0.2) is 0 Å². The first kappa shape index (κ1) is 11.0. The van der Waals surface area contributed by atoms with Gasteiger partial charge in [-0.1, -0.05) is 36.4 Å². The molecule has 0 heterocycles. The molecule has 2 aromatic carbocycles. The summed E-state index contributed by atoms with van der Waals surface area (Å²) in [6.45, 7) is 0. The lowest BCUT2D eigenvalue weighted by atomic mass is 10.1. The minimum atomic E-state index is 0.0452. The molecule has 0 bridgehead atoms. The molecule has 2 aromatic rings. The summed E-state index contributed by atoms with van der Waals surface area (Å²) >= 11 is 1.52. The van der Waals surface area contributed by atoms with E-state index in [1.807, 2.05) is 48.7 Å². The van der Waals surface area contributed by atoms with E-state index in [4.69, 9.17) is 0 Å². The van der Waals surface area contributed by atoms with Crippen LogP contribution in [0.3, 0.4) is 0 Å². The topological polar surface area (TPSA) is 29.1 Å². The number of rotatable bonds is 3. The molecular formula is C13H13NOS. The van der Waals surface area contributed by atoms with Crippen LogP contribution in [0.4, 0.5) is 5.69 Å². The first-order chi connectivity index (χ1) is 7.81. The number of thioether (sulfide) groups is 1. The fourth-order valence-electron chi connectivity index (χ4n) is 1.65. The zero-order chi connectivity index (χ0) is 11.4.